The van der Waals surface area contributed by atoms with Gasteiger partial charge in [-0.1, -0.05) is 24.3 Å². The van der Waals surface area contributed by atoms with Gasteiger partial charge in [-0.25, -0.2) is 0 Å². The third-order valence-electron chi connectivity index (χ3n) is 4.21. The van der Waals surface area contributed by atoms with Crippen LogP contribution in [0.15, 0.2) is 48.5 Å². The van der Waals surface area contributed by atoms with Gasteiger partial charge in [0.1, 0.15) is 5.75 Å². The number of methoxy groups -OCH3 is 1. The summed E-state index contributed by atoms with van der Waals surface area (Å²) in [7, 11) is 3.80. The molecule has 2 aromatic carbocycles. The zero-order chi connectivity index (χ0) is 18.2. The fourth-order valence-corrected chi connectivity index (χ4v) is 2.55. The second kappa shape index (κ2) is 9.39. The van der Waals surface area contributed by atoms with Crippen molar-refractivity contribution in [2.75, 3.05) is 19.5 Å². The predicted octanol–water partition coefficient (Wildman–Crippen LogP) is 4.02. The molecule has 0 aromatic heterocycles. The van der Waals surface area contributed by atoms with Gasteiger partial charge >= 0.3 is 0 Å². The zero-order valence-electron chi connectivity index (χ0n) is 15.4. The third kappa shape index (κ3) is 6.03. The largest absolute Gasteiger partial charge is 0.497 e. The van der Waals surface area contributed by atoms with E-state index >= 15 is 0 Å². The fraction of sp³-hybridized carbons (Fsp3) is 0.350. The van der Waals surface area contributed by atoms with Gasteiger partial charge in [0.15, 0.2) is 5.11 Å². The van der Waals surface area contributed by atoms with E-state index in [1.54, 1.807) is 7.11 Å². The number of hydrogen-bond acceptors (Lipinski definition) is 3. The molecule has 0 bridgehead atoms. The number of anilines is 1. The first-order valence-corrected chi connectivity index (χ1v) is 8.86. The summed E-state index contributed by atoms with van der Waals surface area (Å²) in [5, 5.41) is 7.09. The van der Waals surface area contributed by atoms with E-state index in [-0.39, 0.29) is 0 Å². The Morgan fingerprint density at radius 3 is 2.32 bits per heavy atom. The quantitative estimate of drug-likeness (QED) is 0.732. The van der Waals surface area contributed by atoms with Gasteiger partial charge in [-0.05, 0) is 68.5 Å². The summed E-state index contributed by atoms with van der Waals surface area (Å²) in [6.45, 7) is 6.03. The molecule has 0 fully saturated rings. The van der Waals surface area contributed by atoms with Crippen LogP contribution in [-0.2, 0) is 13.1 Å². The number of thiocarbonyl (C=S) groups is 1. The molecule has 0 aliphatic rings. The van der Waals surface area contributed by atoms with Gasteiger partial charge in [0.2, 0.25) is 0 Å². The maximum Gasteiger partial charge on any atom is 0.171 e. The highest BCUT2D eigenvalue weighted by Gasteiger charge is 2.08. The van der Waals surface area contributed by atoms with Crippen molar-refractivity contribution in [3.05, 3.63) is 59.7 Å². The lowest BCUT2D eigenvalue weighted by molar-refractivity contribution is 0.265. The molecule has 0 saturated heterocycles. The van der Waals surface area contributed by atoms with Gasteiger partial charge in [-0.15, -0.1) is 0 Å². The molecule has 0 saturated carbocycles. The van der Waals surface area contributed by atoms with Crippen molar-refractivity contribution in [3.8, 4) is 5.75 Å². The highest BCUT2D eigenvalue weighted by Crippen LogP contribution is 2.15. The zero-order valence-corrected chi connectivity index (χ0v) is 16.2. The lowest BCUT2D eigenvalue weighted by Crippen LogP contribution is -2.29. The van der Waals surface area contributed by atoms with Crippen molar-refractivity contribution in [1.29, 1.82) is 0 Å². The summed E-state index contributed by atoms with van der Waals surface area (Å²) >= 11 is 5.41. The number of rotatable bonds is 7. The van der Waals surface area contributed by atoms with Crippen molar-refractivity contribution >= 4 is 23.0 Å². The minimum atomic E-state index is 0.513. The van der Waals surface area contributed by atoms with E-state index in [1.807, 2.05) is 24.3 Å². The summed E-state index contributed by atoms with van der Waals surface area (Å²) < 4.78 is 5.16. The van der Waals surface area contributed by atoms with Gasteiger partial charge in [-0.3, -0.25) is 4.90 Å². The molecule has 0 radical (unpaired) electrons. The topological polar surface area (TPSA) is 36.5 Å². The van der Waals surface area contributed by atoms with E-state index in [0.29, 0.717) is 17.7 Å². The normalized spacial score (nSPS) is 10.8. The average Bonchev–Trinajstić information content (AvgIpc) is 2.61. The Morgan fingerprint density at radius 1 is 1.08 bits per heavy atom. The summed E-state index contributed by atoms with van der Waals surface area (Å²) in [5.41, 5.74) is 3.51. The molecule has 0 atom stereocenters. The molecule has 0 aliphatic carbocycles. The molecule has 4 nitrogen and oxygen atoms in total. The Hall–Kier alpha value is -2.11. The summed E-state index contributed by atoms with van der Waals surface area (Å²) in [4.78, 5) is 2.33. The van der Waals surface area contributed by atoms with Gasteiger partial charge < -0.3 is 15.4 Å². The molecule has 2 aromatic rings. The van der Waals surface area contributed by atoms with Crippen LogP contribution in [0.2, 0.25) is 0 Å². The van der Waals surface area contributed by atoms with Crippen LogP contribution in [0.1, 0.15) is 25.0 Å². The van der Waals surface area contributed by atoms with Gasteiger partial charge in [-0.2, -0.15) is 0 Å². The fourth-order valence-electron chi connectivity index (χ4n) is 2.36. The second-order valence-corrected chi connectivity index (χ2v) is 6.72. The number of benzene rings is 2. The van der Waals surface area contributed by atoms with E-state index in [9.17, 15) is 0 Å². The van der Waals surface area contributed by atoms with E-state index in [4.69, 9.17) is 17.0 Å². The predicted molar refractivity (Wildman–Crippen MR) is 109 cm³/mol. The van der Waals surface area contributed by atoms with E-state index in [1.165, 1.54) is 11.1 Å². The highest BCUT2D eigenvalue weighted by atomic mass is 32.1. The van der Waals surface area contributed by atoms with E-state index < -0.39 is 0 Å². The summed E-state index contributed by atoms with van der Waals surface area (Å²) in [6.07, 6.45) is 0. The standard InChI is InChI=1S/C20H27N3OS/c1-15(2)23(3)14-17-8-6-5-7-16(17)13-21-20(25)22-18-9-11-19(24-4)12-10-18/h5-12,15H,13-14H2,1-4H3,(H2,21,22,25). The second-order valence-electron chi connectivity index (χ2n) is 6.31. The number of hydrogen-bond donors (Lipinski definition) is 2. The Morgan fingerprint density at radius 2 is 1.72 bits per heavy atom. The molecule has 5 heteroatoms. The SMILES string of the molecule is COc1ccc(NC(=S)NCc2ccccc2CN(C)C(C)C)cc1. The van der Waals surface area contributed by atoms with Crippen LogP contribution in [0.5, 0.6) is 5.75 Å². The first-order chi connectivity index (χ1) is 12.0. The van der Waals surface area contributed by atoms with Crippen LogP contribution in [0, 0.1) is 0 Å². The Balaban J connectivity index is 1.92. The lowest BCUT2D eigenvalue weighted by Gasteiger charge is -2.22. The van der Waals surface area contributed by atoms with Crippen LogP contribution in [-0.4, -0.2) is 30.2 Å². The van der Waals surface area contributed by atoms with Crippen LogP contribution >= 0.6 is 12.2 Å². The molecule has 0 aliphatic heterocycles. The molecular weight excluding hydrogens is 330 g/mol. The molecule has 0 unspecified atom stereocenters. The first kappa shape index (κ1) is 19.2. The highest BCUT2D eigenvalue weighted by molar-refractivity contribution is 7.80. The smallest absolute Gasteiger partial charge is 0.171 e. The van der Waals surface area contributed by atoms with Crippen LogP contribution in [0.4, 0.5) is 5.69 Å². The van der Waals surface area contributed by atoms with Crippen molar-refractivity contribution in [2.24, 2.45) is 0 Å². The number of nitrogens with zero attached hydrogens (tertiary/aromatic N) is 1. The molecule has 2 rings (SSSR count). The van der Waals surface area contributed by atoms with Gasteiger partial charge in [0, 0.05) is 24.8 Å². The first-order valence-electron chi connectivity index (χ1n) is 8.45. The molecule has 25 heavy (non-hydrogen) atoms. The van der Waals surface area contributed by atoms with Crippen LogP contribution in [0.25, 0.3) is 0 Å². The average molecular weight is 358 g/mol. The maximum atomic E-state index is 5.41. The Kier molecular flexibility index (Phi) is 7.22. The molecule has 0 spiro atoms. The lowest BCUT2D eigenvalue weighted by atomic mass is 10.1. The van der Waals surface area contributed by atoms with Gasteiger partial charge in [0.25, 0.3) is 0 Å². The minimum absolute atomic E-state index is 0.513. The van der Waals surface area contributed by atoms with Crippen molar-refractivity contribution in [3.63, 3.8) is 0 Å². The van der Waals surface area contributed by atoms with E-state index in [0.717, 1.165) is 18.0 Å². The van der Waals surface area contributed by atoms with Crippen LogP contribution < -0.4 is 15.4 Å². The molecule has 0 amide bonds. The molecule has 2 N–H and O–H groups in total. The maximum absolute atomic E-state index is 5.41. The summed E-state index contributed by atoms with van der Waals surface area (Å²) in [5.74, 6) is 0.827. The molecule has 134 valence electrons. The van der Waals surface area contributed by atoms with Crippen molar-refractivity contribution in [1.82, 2.24) is 10.2 Å². The van der Waals surface area contributed by atoms with Crippen molar-refractivity contribution < 1.29 is 4.74 Å². The van der Waals surface area contributed by atoms with Crippen LogP contribution in [0.3, 0.4) is 0 Å². The molecular formula is C20H27N3OS. The Labute approximate surface area is 156 Å². The number of nitrogens with one attached hydrogen (secondary N) is 2. The molecule has 0 heterocycles. The van der Waals surface area contributed by atoms with E-state index in [2.05, 4.69) is 60.7 Å². The number of ether oxygens (including phenoxy) is 1. The van der Waals surface area contributed by atoms with Gasteiger partial charge in [0.05, 0.1) is 7.11 Å². The minimum Gasteiger partial charge on any atom is -0.497 e. The third-order valence-corrected chi connectivity index (χ3v) is 4.45. The van der Waals surface area contributed by atoms with Crippen molar-refractivity contribution in [2.45, 2.75) is 33.0 Å². The monoisotopic (exact) mass is 357 g/mol. The Bertz CT molecular complexity index is 686. The summed E-state index contributed by atoms with van der Waals surface area (Å²) in [6, 6.07) is 16.7.